The molecule has 0 spiro atoms. The molecule has 0 aliphatic carbocycles. The van der Waals surface area contributed by atoms with Crippen molar-refractivity contribution in [3.8, 4) is 11.5 Å². The summed E-state index contributed by atoms with van der Waals surface area (Å²) in [6.45, 7) is 5.83. The Morgan fingerprint density at radius 2 is 2.18 bits per heavy atom. The smallest absolute Gasteiger partial charge is 0.256 e. The summed E-state index contributed by atoms with van der Waals surface area (Å²) in [5, 5.41) is 7.00. The first-order chi connectivity index (χ1) is 10.5. The fourth-order valence-electron chi connectivity index (χ4n) is 1.99. The molecule has 0 atom stereocenters. The van der Waals surface area contributed by atoms with Crippen LogP contribution >= 0.6 is 0 Å². The minimum atomic E-state index is -0.239. The van der Waals surface area contributed by atoms with Crippen LogP contribution in [-0.4, -0.2) is 29.4 Å². The van der Waals surface area contributed by atoms with E-state index in [1.807, 2.05) is 6.92 Å². The van der Waals surface area contributed by atoms with Gasteiger partial charge in [-0.3, -0.25) is 9.48 Å². The standard InChI is InChI=1S/C16H19N3O3/c1-5-8-22-13-7-6-12(10-14(13)21-4)16(20)17-15-9-11(2)18-19(15)3/h5-7,9-10H,1,8H2,2-4H3,(H,17,20). The molecule has 1 heterocycles. The second-order valence-corrected chi connectivity index (χ2v) is 4.71. The van der Waals surface area contributed by atoms with Gasteiger partial charge >= 0.3 is 0 Å². The number of anilines is 1. The summed E-state index contributed by atoms with van der Waals surface area (Å²) in [4.78, 5) is 12.3. The Hall–Kier alpha value is -2.76. The third-order valence-corrected chi connectivity index (χ3v) is 3.03. The number of aryl methyl sites for hydroxylation is 2. The minimum absolute atomic E-state index is 0.239. The molecule has 116 valence electrons. The number of amides is 1. The van der Waals surface area contributed by atoms with Crippen LogP contribution in [0, 0.1) is 6.92 Å². The summed E-state index contributed by atoms with van der Waals surface area (Å²) in [5.74, 6) is 1.45. The van der Waals surface area contributed by atoms with Crippen LogP contribution < -0.4 is 14.8 Å². The van der Waals surface area contributed by atoms with Gasteiger partial charge in [-0.1, -0.05) is 12.7 Å². The maximum Gasteiger partial charge on any atom is 0.256 e. The van der Waals surface area contributed by atoms with Crippen LogP contribution in [0.5, 0.6) is 11.5 Å². The highest BCUT2D eigenvalue weighted by Gasteiger charge is 2.13. The van der Waals surface area contributed by atoms with Gasteiger partial charge in [0.1, 0.15) is 12.4 Å². The molecule has 0 aliphatic heterocycles. The molecule has 6 heteroatoms. The molecule has 2 aromatic rings. The Balaban J connectivity index is 2.19. The molecular weight excluding hydrogens is 282 g/mol. The zero-order chi connectivity index (χ0) is 16.1. The van der Waals surface area contributed by atoms with Gasteiger partial charge in [0.15, 0.2) is 11.5 Å². The van der Waals surface area contributed by atoms with Crippen LogP contribution in [0.15, 0.2) is 36.9 Å². The van der Waals surface area contributed by atoms with Gasteiger partial charge in [0.2, 0.25) is 0 Å². The minimum Gasteiger partial charge on any atom is -0.493 e. The maximum absolute atomic E-state index is 12.3. The molecule has 6 nitrogen and oxygen atoms in total. The number of ether oxygens (including phenoxy) is 2. The van der Waals surface area contributed by atoms with E-state index in [1.54, 1.807) is 42.1 Å². The molecule has 0 aliphatic rings. The Morgan fingerprint density at radius 1 is 1.41 bits per heavy atom. The van der Waals surface area contributed by atoms with Crippen LogP contribution in [0.25, 0.3) is 0 Å². The van der Waals surface area contributed by atoms with E-state index in [4.69, 9.17) is 9.47 Å². The number of hydrogen-bond donors (Lipinski definition) is 1. The number of carbonyl (C=O) groups is 1. The first-order valence-electron chi connectivity index (χ1n) is 6.79. The van der Waals surface area contributed by atoms with Crippen LogP contribution in [0.1, 0.15) is 16.1 Å². The van der Waals surface area contributed by atoms with Crippen molar-refractivity contribution in [2.75, 3.05) is 19.0 Å². The summed E-state index contributed by atoms with van der Waals surface area (Å²) >= 11 is 0. The molecule has 1 N–H and O–H groups in total. The average molecular weight is 301 g/mol. The lowest BCUT2D eigenvalue weighted by atomic mass is 10.2. The van der Waals surface area contributed by atoms with Crippen molar-refractivity contribution in [3.63, 3.8) is 0 Å². The van der Waals surface area contributed by atoms with Gasteiger partial charge in [-0.05, 0) is 25.1 Å². The second-order valence-electron chi connectivity index (χ2n) is 4.71. The fraction of sp³-hybridized carbons (Fsp3) is 0.250. The average Bonchev–Trinajstić information content (AvgIpc) is 2.82. The monoisotopic (exact) mass is 301 g/mol. The predicted molar refractivity (Wildman–Crippen MR) is 84.6 cm³/mol. The van der Waals surface area contributed by atoms with E-state index in [0.29, 0.717) is 29.5 Å². The summed E-state index contributed by atoms with van der Waals surface area (Å²) in [6, 6.07) is 6.82. The van der Waals surface area contributed by atoms with E-state index in [-0.39, 0.29) is 5.91 Å². The Kier molecular flexibility index (Phi) is 4.83. The number of aromatic nitrogens is 2. The number of carbonyl (C=O) groups excluding carboxylic acids is 1. The lowest BCUT2D eigenvalue weighted by Crippen LogP contribution is -2.14. The summed E-state index contributed by atoms with van der Waals surface area (Å²) in [7, 11) is 3.30. The first-order valence-corrected chi connectivity index (χ1v) is 6.79. The lowest BCUT2D eigenvalue weighted by molar-refractivity contribution is 0.102. The number of hydrogen-bond acceptors (Lipinski definition) is 4. The molecule has 1 amide bonds. The van der Waals surface area contributed by atoms with Gasteiger partial charge in [-0.15, -0.1) is 0 Å². The van der Waals surface area contributed by atoms with Crippen molar-refractivity contribution in [1.82, 2.24) is 9.78 Å². The molecule has 2 rings (SSSR count). The van der Waals surface area contributed by atoms with Crippen molar-refractivity contribution in [2.45, 2.75) is 6.92 Å². The van der Waals surface area contributed by atoms with E-state index in [2.05, 4.69) is 17.0 Å². The van der Waals surface area contributed by atoms with Crippen molar-refractivity contribution >= 4 is 11.7 Å². The highest BCUT2D eigenvalue weighted by Crippen LogP contribution is 2.28. The van der Waals surface area contributed by atoms with E-state index in [0.717, 1.165) is 5.69 Å². The van der Waals surface area contributed by atoms with Crippen molar-refractivity contribution in [3.05, 3.63) is 48.2 Å². The van der Waals surface area contributed by atoms with Crippen LogP contribution in [0.2, 0.25) is 0 Å². The van der Waals surface area contributed by atoms with Gasteiger partial charge in [-0.2, -0.15) is 5.10 Å². The van der Waals surface area contributed by atoms with Crippen LogP contribution in [-0.2, 0) is 7.05 Å². The van der Waals surface area contributed by atoms with E-state index in [9.17, 15) is 4.79 Å². The Labute approximate surface area is 129 Å². The second kappa shape index (κ2) is 6.80. The molecule has 0 saturated carbocycles. The third-order valence-electron chi connectivity index (χ3n) is 3.03. The van der Waals surface area contributed by atoms with E-state index >= 15 is 0 Å². The van der Waals surface area contributed by atoms with Crippen molar-refractivity contribution < 1.29 is 14.3 Å². The van der Waals surface area contributed by atoms with Gasteiger partial charge in [0.25, 0.3) is 5.91 Å². The quantitative estimate of drug-likeness (QED) is 0.833. The number of nitrogens with one attached hydrogen (secondary N) is 1. The van der Waals surface area contributed by atoms with Gasteiger partial charge in [-0.25, -0.2) is 0 Å². The van der Waals surface area contributed by atoms with E-state index < -0.39 is 0 Å². The van der Waals surface area contributed by atoms with Gasteiger partial charge in [0.05, 0.1) is 12.8 Å². The fourth-order valence-corrected chi connectivity index (χ4v) is 1.99. The third kappa shape index (κ3) is 3.46. The topological polar surface area (TPSA) is 65.4 Å². The maximum atomic E-state index is 12.3. The molecule has 22 heavy (non-hydrogen) atoms. The predicted octanol–water partition coefficient (Wildman–Crippen LogP) is 2.55. The normalized spacial score (nSPS) is 10.1. The Bertz CT molecular complexity index is 692. The number of rotatable bonds is 6. The van der Waals surface area contributed by atoms with Crippen LogP contribution in [0.4, 0.5) is 5.82 Å². The summed E-state index contributed by atoms with van der Waals surface area (Å²) in [5.41, 5.74) is 1.31. The molecule has 0 radical (unpaired) electrons. The molecule has 0 unspecified atom stereocenters. The van der Waals surface area contributed by atoms with Crippen molar-refractivity contribution in [1.29, 1.82) is 0 Å². The zero-order valence-corrected chi connectivity index (χ0v) is 12.9. The highest BCUT2D eigenvalue weighted by molar-refractivity contribution is 6.04. The molecular formula is C16H19N3O3. The first kappa shape index (κ1) is 15.6. The molecule has 1 aromatic heterocycles. The van der Waals surface area contributed by atoms with Gasteiger partial charge in [0, 0.05) is 18.7 Å². The zero-order valence-electron chi connectivity index (χ0n) is 12.9. The number of nitrogens with zero attached hydrogens (tertiary/aromatic N) is 2. The summed E-state index contributed by atoms with van der Waals surface area (Å²) in [6.07, 6.45) is 1.64. The number of benzene rings is 1. The molecule has 0 bridgehead atoms. The highest BCUT2D eigenvalue weighted by atomic mass is 16.5. The van der Waals surface area contributed by atoms with Crippen molar-refractivity contribution in [2.24, 2.45) is 7.05 Å². The van der Waals surface area contributed by atoms with Crippen LogP contribution in [0.3, 0.4) is 0 Å². The SMILES string of the molecule is C=CCOc1ccc(C(=O)Nc2cc(C)nn2C)cc1OC. The molecule has 0 saturated heterocycles. The molecule has 1 aromatic carbocycles. The number of methoxy groups -OCH3 is 1. The summed E-state index contributed by atoms with van der Waals surface area (Å²) < 4.78 is 12.3. The largest absolute Gasteiger partial charge is 0.493 e. The van der Waals surface area contributed by atoms with E-state index in [1.165, 1.54) is 7.11 Å². The Morgan fingerprint density at radius 3 is 2.77 bits per heavy atom. The lowest BCUT2D eigenvalue weighted by Gasteiger charge is -2.11. The van der Waals surface area contributed by atoms with Gasteiger partial charge < -0.3 is 14.8 Å². The molecule has 0 fully saturated rings.